The second-order valence-corrected chi connectivity index (χ2v) is 3.48. The normalized spacial score (nSPS) is 9.57. The first-order valence-electron chi connectivity index (χ1n) is 4.66. The lowest BCUT2D eigenvalue weighted by Gasteiger charge is -2.18. The van der Waals surface area contributed by atoms with Crippen molar-refractivity contribution in [2.45, 2.75) is 20.3 Å². The molecule has 0 aliphatic rings. The van der Waals surface area contributed by atoms with Crippen LogP contribution in [0.15, 0.2) is 12.3 Å². The van der Waals surface area contributed by atoms with Gasteiger partial charge in [-0.15, -0.1) is 0 Å². The highest BCUT2D eigenvalue weighted by atomic mass is 15.2. The highest BCUT2D eigenvalue weighted by molar-refractivity contribution is 5.46. The molecule has 0 bridgehead atoms. The molecule has 0 aliphatic heterocycles. The quantitative estimate of drug-likeness (QED) is 0.730. The van der Waals surface area contributed by atoms with Gasteiger partial charge in [0, 0.05) is 19.8 Å². The zero-order valence-corrected chi connectivity index (χ0v) is 8.91. The number of nitrogens with zero attached hydrogens (tertiary/aromatic N) is 3. The Labute approximate surface area is 85.0 Å². The fourth-order valence-electron chi connectivity index (χ4n) is 1.43. The molecule has 1 aromatic rings. The predicted octanol–water partition coefficient (Wildman–Crippen LogP) is 2.05. The Morgan fingerprint density at radius 3 is 2.79 bits per heavy atom. The molecular weight excluding hydrogens is 174 g/mol. The number of hydrogen-bond donors (Lipinski definition) is 0. The van der Waals surface area contributed by atoms with Crippen molar-refractivity contribution in [1.29, 1.82) is 5.26 Å². The van der Waals surface area contributed by atoms with E-state index in [1.165, 1.54) is 5.56 Å². The Morgan fingerprint density at radius 2 is 2.21 bits per heavy atom. The van der Waals surface area contributed by atoms with Crippen molar-refractivity contribution in [1.82, 2.24) is 4.98 Å². The first-order valence-corrected chi connectivity index (χ1v) is 4.66. The number of rotatable bonds is 3. The second-order valence-electron chi connectivity index (χ2n) is 3.48. The largest absolute Gasteiger partial charge is 0.358 e. The molecule has 0 unspecified atom stereocenters. The van der Waals surface area contributed by atoms with Crippen LogP contribution in [0, 0.1) is 25.2 Å². The standard InChI is InChI=1S/C11H15N3/c1-9-7-10(2)11(13-8-9)14(3)6-4-5-12/h7-8H,4,6H2,1-3H3. The van der Waals surface area contributed by atoms with Gasteiger partial charge in [-0.05, 0) is 25.0 Å². The summed E-state index contributed by atoms with van der Waals surface area (Å²) in [7, 11) is 1.96. The number of hydrogen-bond acceptors (Lipinski definition) is 3. The van der Waals surface area contributed by atoms with Crippen molar-refractivity contribution < 1.29 is 0 Å². The summed E-state index contributed by atoms with van der Waals surface area (Å²) < 4.78 is 0. The van der Waals surface area contributed by atoms with Gasteiger partial charge in [0.1, 0.15) is 5.82 Å². The van der Waals surface area contributed by atoms with E-state index in [1.54, 1.807) is 0 Å². The maximum absolute atomic E-state index is 8.48. The van der Waals surface area contributed by atoms with Crippen LogP contribution in [0.5, 0.6) is 0 Å². The van der Waals surface area contributed by atoms with Gasteiger partial charge in [-0.3, -0.25) is 0 Å². The Bertz CT molecular complexity index is 352. The van der Waals surface area contributed by atoms with Crippen molar-refractivity contribution in [3.63, 3.8) is 0 Å². The lowest BCUT2D eigenvalue weighted by molar-refractivity contribution is 0.877. The molecule has 0 spiro atoms. The molecule has 0 saturated carbocycles. The van der Waals surface area contributed by atoms with Crippen LogP contribution in [-0.4, -0.2) is 18.6 Å². The highest BCUT2D eigenvalue weighted by Crippen LogP contribution is 2.16. The summed E-state index contributed by atoms with van der Waals surface area (Å²) in [4.78, 5) is 6.36. The summed E-state index contributed by atoms with van der Waals surface area (Å²) in [5, 5.41) is 8.48. The predicted molar refractivity (Wildman–Crippen MR) is 57.2 cm³/mol. The maximum Gasteiger partial charge on any atom is 0.131 e. The number of pyridine rings is 1. The SMILES string of the molecule is Cc1cnc(N(C)CCC#N)c(C)c1. The number of anilines is 1. The van der Waals surface area contributed by atoms with Gasteiger partial charge in [0.15, 0.2) is 0 Å². The zero-order valence-electron chi connectivity index (χ0n) is 8.91. The fraction of sp³-hybridized carbons (Fsp3) is 0.455. The first kappa shape index (κ1) is 10.5. The Balaban J connectivity index is 2.80. The van der Waals surface area contributed by atoms with Gasteiger partial charge in [0.2, 0.25) is 0 Å². The van der Waals surface area contributed by atoms with Crippen LogP contribution >= 0.6 is 0 Å². The minimum Gasteiger partial charge on any atom is -0.358 e. The van der Waals surface area contributed by atoms with E-state index in [1.807, 2.05) is 32.0 Å². The molecule has 3 heteroatoms. The molecule has 0 aliphatic carbocycles. The molecule has 0 atom stereocenters. The molecule has 0 fully saturated rings. The number of aromatic nitrogens is 1. The van der Waals surface area contributed by atoms with Crippen LogP contribution in [-0.2, 0) is 0 Å². The molecule has 0 aromatic carbocycles. The summed E-state index contributed by atoms with van der Waals surface area (Å²) >= 11 is 0. The van der Waals surface area contributed by atoms with Crippen LogP contribution < -0.4 is 4.90 Å². The third-order valence-corrected chi connectivity index (χ3v) is 2.11. The van der Waals surface area contributed by atoms with E-state index in [2.05, 4.69) is 17.1 Å². The second kappa shape index (κ2) is 4.61. The molecule has 1 aromatic heterocycles. The van der Waals surface area contributed by atoms with Gasteiger partial charge >= 0.3 is 0 Å². The van der Waals surface area contributed by atoms with Gasteiger partial charge in [0.05, 0.1) is 12.5 Å². The Hall–Kier alpha value is -1.56. The lowest BCUT2D eigenvalue weighted by Crippen LogP contribution is -2.20. The monoisotopic (exact) mass is 189 g/mol. The van der Waals surface area contributed by atoms with Gasteiger partial charge in [-0.25, -0.2) is 4.98 Å². The van der Waals surface area contributed by atoms with Crippen LogP contribution in [0.3, 0.4) is 0 Å². The van der Waals surface area contributed by atoms with Crippen LogP contribution in [0.1, 0.15) is 17.5 Å². The van der Waals surface area contributed by atoms with E-state index in [4.69, 9.17) is 5.26 Å². The van der Waals surface area contributed by atoms with Crippen LogP contribution in [0.25, 0.3) is 0 Å². The summed E-state index contributed by atoms with van der Waals surface area (Å²) in [6.07, 6.45) is 2.39. The smallest absolute Gasteiger partial charge is 0.131 e. The van der Waals surface area contributed by atoms with Gasteiger partial charge < -0.3 is 4.90 Å². The van der Waals surface area contributed by atoms with Gasteiger partial charge in [-0.2, -0.15) is 5.26 Å². The summed E-state index contributed by atoms with van der Waals surface area (Å²) in [5.74, 6) is 0.964. The van der Waals surface area contributed by atoms with Gasteiger partial charge in [-0.1, -0.05) is 6.07 Å². The van der Waals surface area contributed by atoms with Crippen LogP contribution in [0.2, 0.25) is 0 Å². The van der Waals surface area contributed by atoms with E-state index >= 15 is 0 Å². The maximum atomic E-state index is 8.48. The summed E-state index contributed by atoms with van der Waals surface area (Å²) in [6, 6.07) is 4.23. The fourth-order valence-corrected chi connectivity index (χ4v) is 1.43. The zero-order chi connectivity index (χ0) is 10.6. The Kier molecular flexibility index (Phi) is 3.47. The van der Waals surface area contributed by atoms with E-state index in [-0.39, 0.29) is 0 Å². The highest BCUT2D eigenvalue weighted by Gasteiger charge is 2.05. The van der Waals surface area contributed by atoms with Crippen molar-refractivity contribution in [3.8, 4) is 6.07 Å². The third-order valence-electron chi connectivity index (χ3n) is 2.11. The molecule has 74 valence electrons. The van der Waals surface area contributed by atoms with E-state index < -0.39 is 0 Å². The molecule has 0 radical (unpaired) electrons. The molecule has 1 heterocycles. The Morgan fingerprint density at radius 1 is 1.50 bits per heavy atom. The third kappa shape index (κ3) is 2.46. The van der Waals surface area contributed by atoms with Gasteiger partial charge in [0.25, 0.3) is 0 Å². The molecule has 0 amide bonds. The minimum absolute atomic E-state index is 0.533. The average molecular weight is 189 g/mol. The van der Waals surface area contributed by atoms with Crippen molar-refractivity contribution >= 4 is 5.82 Å². The first-order chi connectivity index (χ1) is 6.65. The summed E-state index contributed by atoms with van der Waals surface area (Å²) in [6.45, 7) is 4.80. The van der Waals surface area contributed by atoms with E-state index in [0.29, 0.717) is 6.42 Å². The molecular formula is C11H15N3. The molecule has 0 N–H and O–H groups in total. The number of nitriles is 1. The molecule has 14 heavy (non-hydrogen) atoms. The topological polar surface area (TPSA) is 39.9 Å². The molecule has 1 rings (SSSR count). The molecule has 0 saturated heterocycles. The van der Waals surface area contributed by atoms with Crippen molar-refractivity contribution in [2.75, 3.05) is 18.5 Å². The van der Waals surface area contributed by atoms with Crippen molar-refractivity contribution in [2.24, 2.45) is 0 Å². The summed E-state index contributed by atoms with van der Waals surface area (Å²) in [5.41, 5.74) is 2.32. The van der Waals surface area contributed by atoms with E-state index in [9.17, 15) is 0 Å². The van der Waals surface area contributed by atoms with Crippen molar-refractivity contribution in [3.05, 3.63) is 23.4 Å². The number of aryl methyl sites for hydroxylation is 2. The molecule has 3 nitrogen and oxygen atoms in total. The van der Waals surface area contributed by atoms with Crippen LogP contribution in [0.4, 0.5) is 5.82 Å². The lowest BCUT2D eigenvalue weighted by atomic mass is 10.2. The minimum atomic E-state index is 0.533. The average Bonchev–Trinajstić information content (AvgIpc) is 2.14. The van der Waals surface area contributed by atoms with E-state index in [0.717, 1.165) is 17.9 Å².